The van der Waals surface area contributed by atoms with Gasteiger partial charge in [-0.2, -0.15) is 0 Å². The number of ether oxygens (including phenoxy) is 1. The Morgan fingerprint density at radius 1 is 0.903 bits per heavy atom. The van der Waals surface area contributed by atoms with E-state index in [1.165, 1.54) is 13.2 Å². The van der Waals surface area contributed by atoms with Crippen LogP contribution in [0.1, 0.15) is 5.56 Å². The van der Waals surface area contributed by atoms with E-state index in [0.29, 0.717) is 22.0 Å². The highest BCUT2D eigenvalue weighted by Crippen LogP contribution is 2.35. The number of nitrogens with one attached hydrogen (secondary N) is 1. The van der Waals surface area contributed by atoms with Crippen molar-refractivity contribution in [2.75, 3.05) is 17.3 Å². The molecule has 5 nitrogen and oxygen atoms in total. The number of imide groups is 1. The van der Waals surface area contributed by atoms with E-state index < -0.39 is 23.4 Å². The monoisotopic (exact) mass is 440 g/mol. The van der Waals surface area contributed by atoms with E-state index in [1.807, 2.05) is 0 Å². The topological polar surface area (TPSA) is 58.6 Å². The van der Waals surface area contributed by atoms with Crippen molar-refractivity contribution >= 4 is 40.4 Å². The summed E-state index contributed by atoms with van der Waals surface area (Å²) < 4.78 is 32.2. The van der Waals surface area contributed by atoms with Gasteiger partial charge in [0.25, 0.3) is 11.8 Å². The number of rotatable bonds is 5. The van der Waals surface area contributed by atoms with E-state index in [2.05, 4.69) is 5.32 Å². The molecule has 2 amide bonds. The molecule has 0 aliphatic carbocycles. The summed E-state index contributed by atoms with van der Waals surface area (Å²) in [5.74, 6) is -2.86. The van der Waals surface area contributed by atoms with Gasteiger partial charge < -0.3 is 10.1 Å². The smallest absolute Gasteiger partial charge is 0.282 e. The fourth-order valence-electron chi connectivity index (χ4n) is 3.23. The van der Waals surface area contributed by atoms with Crippen molar-refractivity contribution in [1.29, 1.82) is 0 Å². The van der Waals surface area contributed by atoms with E-state index >= 15 is 0 Å². The molecule has 4 rings (SSSR count). The van der Waals surface area contributed by atoms with Crippen LogP contribution in [0.25, 0.3) is 5.57 Å². The summed E-state index contributed by atoms with van der Waals surface area (Å²) in [4.78, 5) is 27.6. The largest absolute Gasteiger partial charge is 0.497 e. The second-order valence-electron chi connectivity index (χ2n) is 6.66. The molecule has 31 heavy (non-hydrogen) atoms. The van der Waals surface area contributed by atoms with Gasteiger partial charge in [-0.05, 0) is 42.0 Å². The molecule has 0 bridgehead atoms. The number of nitrogens with zero attached hydrogens (tertiary/aromatic N) is 1. The molecule has 3 aromatic rings. The lowest BCUT2D eigenvalue weighted by molar-refractivity contribution is -0.120. The van der Waals surface area contributed by atoms with Crippen molar-refractivity contribution < 1.29 is 23.1 Å². The van der Waals surface area contributed by atoms with Gasteiger partial charge >= 0.3 is 0 Å². The van der Waals surface area contributed by atoms with Gasteiger partial charge in [-0.25, -0.2) is 13.7 Å². The zero-order valence-corrected chi connectivity index (χ0v) is 16.9. The van der Waals surface area contributed by atoms with Crippen LogP contribution in [-0.2, 0) is 9.59 Å². The molecule has 0 fully saturated rings. The predicted octanol–water partition coefficient (Wildman–Crippen LogP) is 5.02. The van der Waals surface area contributed by atoms with E-state index in [1.54, 1.807) is 48.5 Å². The average molecular weight is 441 g/mol. The standard InChI is InChI=1S/C23H15ClF2N2O3/c1-31-17-4-2-3-16(12-17)28-22(29)20(13-5-7-14(24)8-6-13)21(23(28)30)27-15-9-10-18(25)19(26)11-15/h2-12,27H,1H3. The molecule has 8 heteroatoms. The van der Waals surface area contributed by atoms with Gasteiger partial charge in [0.2, 0.25) is 0 Å². The van der Waals surface area contributed by atoms with Crippen LogP contribution in [0.4, 0.5) is 20.2 Å². The van der Waals surface area contributed by atoms with Gasteiger partial charge in [0.05, 0.1) is 18.4 Å². The van der Waals surface area contributed by atoms with Crippen LogP contribution in [0.2, 0.25) is 5.02 Å². The van der Waals surface area contributed by atoms with Crippen molar-refractivity contribution in [3.63, 3.8) is 0 Å². The predicted molar refractivity (Wildman–Crippen MR) is 114 cm³/mol. The Hall–Kier alpha value is -3.71. The highest BCUT2D eigenvalue weighted by Gasteiger charge is 2.40. The van der Waals surface area contributed by atoms with Crippen molar-refractivity contribution in [2.24, 2.45) is 0 Å². The summed E-state index contributed by atoms with van der Waals surface area (Å²) >= 11 is 5.95. The highest BCUT2D eigenvalue weighted by molar-refractivity contribution is 6.46. The van der Waals surface area contributed by atoms with Crippen molar-refractivity contribution in [2.45, 2.75) is 0 Å². The number of hydrogen-bond acceptors (Lipinski definition) is 4. The second kappa shape index (κ2) is 8.20. The van der Waals surface area contributed by atoms with Crippen molar-refractivity contribution in [3.05, 3.63) is 94.6 Å². The highest BCUT2D eigenvalue weighted by atomic mass is 35.5. The number of anilines is 2. The molecule has 0 spiro atoms. The van der Waals surface area contributed by atoms with Crippen LogP contribution in [0.3, 0.4) is 0 Å². The van der Waals surface area contributed by atoms with Gasteiger partial charge in [-0.1, -0.05) is 29.8 Å². The molecule has 0 atom stereocenters. The van der Waals surface area contributed by atoms with E-state index in [0.717, 1.165) is 17.0 Å². The van der Waals surface area contributed by atoms with Gasteiger partial charge in [-0.15, -0.1) is 0 Å². The number of benzene rings is 3. The number of methoxy groups -OCH3 is 1. The summed E-state index contributed by atoms with van der Waals surface area (Å²) in [5.41, 5.74) is 0.880. The minimum Gasteiger partial charge on any atom is -0.497 e. The summed E-state index contributed by atoms with van der Waals surface area (Å²) in [7, 11) is 1.47. The average Bonchev–Trinajstić information content (AvgIpc) is 3.01. The molecule has 1 N–H and O–H groups in total. The van der Waals surface area contributed by atoms with Crippen LogP contribution in [0.15, 0.2) is 72.4 Å². The second-order valence-corrected chi connectivity index (χ2v) is 7.09. The number of carbonyl (C=O) groups is 2. The van der Waals surface area contributed by atoms with Crippen LogP contribution in [0, 0.1) is 11.6 Å². The molecule has 1 aliphatic heterocycles. The van der Waals surface area contributed by atoms with Gasteiger partial charge in [-0.3, -0.25) is 9.59 Å². The lowest BCUT2D eigenvalue weighted by atomic mass is 10.0. The third-order valence-electron chi connectivity index (χ3n) is 4.72. The first-order chi connectivity index (χ1) is 14.9. The number of hydrogen-bond donors (Lipinski definition) is 1. The lowest BCUT2D eigenvalue weighted by Crippen LogP contribution is -2.32. The zero-order valence-electron chi connectivity index (χ0n) is 16.2. The Morgan fingerprint density at radius 2 is 1.65 bits per heavy atom. The Morgan fingerprint density at radius 3 is 2.32 bits per heavy atom. The molecule has 1 aliphatic rings. The Balaban J connectivity index is 1.82. The fourth-order valence-corrected chi connectivity index (χ4v) is 3.36. The molecular weight excluding hydrogens is 426 g/mol. The summed E-state index contributed by atoms with van der Waals surface area (Å²) in [6, 6.07) is 16.0. The minimum atomic E-state index is -1.08. The van der Waals surface area contributed by atoms with Gasteiger partial charge in [0, 0.05) is 22.8 Å². The third kappa shape index (κ3) is 3.87. The fraction of sp³-hybridized carbons (Fsp3) is 0.0435. The number of carbonyl (C=O) groups excluding carboxylic acids is 2. The van der Waals surface area contributed by atoms with Crippen molar-refractivity contribution in [3.8, 4) is 5.75 Å². The van der Waals surface area contributed by atoms with E-state index in [4.69, 9.17) is 16.3 Å². The number of halogens is 3. The molecule has 156 valence electrons. The zero-order chi connectivity index (χ0) is 22.1. The Kier molecular flexibility index (Phi) is 5.44. The normalized spacial score (nSPS) is 13.7. The SMILES string of the molecule is COc1cccc(N2C(=O)C(Nc3ccc(F)c(F)c3)=C(c3ccc(Cl)cc3)C2=O)c1. The molecule has 0 saturated heterocycles. The Labute approximate surface area is 181 Å². The first-order valence-corrected chi connectivity index (χ1v) is 9.52. The van der Waals surface area contributed by atoms with Crippen LogP contribution >= 0.6 is 11.6 Å². The summed E-state index contributed by atoms with van der Waals surface area (Å²) in [6.07, 6.45) is 0. The number of amides is 2. The maximum Gasteiger partial charge on any atom is 0.282 e. The molecule has 1 heterocycles. The summed E-state index contributed by atoms with van der Waals surface area (Å²) in [6.45, 7) is 0. The van der Waals surface area contributed by atoms with Gasteiger partial charge in [0.15, 0.2) is 11.6 Å². The maximum atomic E-state index is 13.7. The maximum absolute atomic E-state index is 13.7. The van der Waals surface area contributed by atoms with Crippen molar-refractivity contribution in [1.82, 2.24) is 0 Å². The Bertz CT molecular complexity index is 1230. The first-order valence-electron chi connectivity index (χ1n) is 9.14. The summed E-state index contributed by atoms with van der Waals surface area (Å²) in [5, 5.41) is 3.24. The lowest BCUT2D eigenvalue weighted by Gasteiger charge is -2.16. The molecule has 0 aromatic heterocycles. The van der Waals surface area contributed by atoms with Gasteiger partial charge in [0.1, 0.15) is 11.4 Å². The van der Waals surface area contributed by atoms with Crippen LogP contribution in [-0.4, -0.2) is 18.9 Å². The molecule has 0 saturated carbocycles. The quantitative estimate of drug-likeness (QED) is 0.566. The van der Waals surface area contributed by atoms with E-state index in [9.17, 15) is 18.4 Å². The third-order valence-corrected chi connectivity index (χ3v) is 4.97. The van der Waals surface area contributed by atoms with E-state index in [-0.39, 0.29) is 17.0 Å². The van der Waals surface area contributed by atoms with Crippen LogP contribution < -0.4 is 15.0 Å². The van der Waals surface area contributed by atoms with Crippen LogP contribution in [0.5, 0.6) is 5.75 Å². The molecule has 0 unspecified atom stereocenters. The first kappa shape index (κ1) is 20.6. The molecular formula is C23H15ClF2N2O3. The molecule has 3 aromatic carbocycles. The molecule has 0 radical (unpaired) electrons. The minimum absolute atomic E-state index is 0.0684.